The second-order valence-electron chi connectivity index (χ2n) is 5.01. The lowest BCUT2D eigenvalue weighted by atomic mass is 10.3. The molecule has 0 unspecified atom stereocenters. The molecule has 0 aromatic carbocycles. The summed E-state index contributed by atoms with van der Waals surface area (Å²) in [5.74, 6) is 0.645. The molecule has 1 saturated heterocycles. The van der Waals surface area contributed by atoms with Crippen LogP contribution in [0, 0.1) is 0 Å². The number of hydrogen-bond donors (Lipinski definition) is 1. The van der Waals surface area contributed by atoms with E-state index in [2.05, 4.69) is 20.2 Å². The summed E-state index contributed by atoms with van der Waals surface area (Å²) >= 11 is 0. The Morgan fingerprint density at radius 2 is 1.90 bits per heavy atom. The third-order valence-electron chi connectivity index (χ3n) is 3.46. The summed E-state index contributed by atoms with van der Waals surface area (Å²) in [5.41, 5.74) is 0.328. The van der Waals surface area contributed by atoms with Crippen molar-refractivity contribution in [1.29, 1.82) is 0 Å². The summed E-state index contributed by atoms with van der Waals surface area (Å²) in [4.78, 5) is 35.4. The van der Waals surface area contributed by atoms with Gasteiger partial charge in [0.05, 0.1) is 12.4 Å². The van der Waals surface area contributed by atoms with Gasteiger partial charge >= 0.3 is 0 Å². The Kier molecular flexibility index (Phi) is 5.08. The second-order valence-corrected chi connectivity index (χ2v) is 5.01. The van der Waals surface area contributed by atoms with Crippen molar-refractivity contribution >= 4 is 17.6 Å². The largest absolute Gasteiger partial charge is 0.352 e. The monoisotopic (exact) mass is 291 g/mol. The number of aromatic nitrogens is 2. The molecule has 1 N–H and O–H groups in total. The van der Waals surface area contributed by atoms with Gasteiger partial charge in [-0.25, -0.2) is 9.97 Å². The third kappa shape index (κ3) is 3.90. The highest BCUT2D eigenvalue weighted by Gasteiger charge is 2.20. The van der Waals surface area contributed by atoms with Crippen LogP contribution in [0.4, 0.5) is 5.82 Å². The van der Waals surface area contributed by atoms with Crippen molar-refractivity contribution < 1.29 is 9.59 Å². The van der Waals surface area contributed by atoms with Crippen LogP contribution in [0.25, 0.3) is 0 Å². The minimum Gasteiger partial charge on any atom is -0.352 e. The van der Waals surface area contributed by atoms with E-state index >= 15 is 0 Å². The first-order chi connectivity index (χ1) is 10.1. The number of piperazine rings is 1. The molecule has 0 atom stereocenters. The predicted octanol–water partition coefficient (Wildman–Crippen LogP) is 0.285. The summed E-state index contributed by atoms with van der Waals surface area (Å²) in [7, 11) is 0. The number of carbonyl (C=O) groups excluding carboxylic acids is 2. The number of anilines is 1. The topological polar surface area (TPSA) is 78.4 Å². The average Bonchev–Trinajstić information content (AvgIpc) is 2.53. The first kappa shape index (κ1) is 15.2. The van der Waals surface area contributed by atoms with Gasteiger partial charge in [0.25, 0.3) is 5.91 Å². The van der Waals surface area contributed by atoms with Gasteiger partial charge in [-0.05, 0) is 6.42 Å². The SMILES string of the molecule is CCCNC(=O)c1cnc(N2CCN(C(C)=O)CC2)cn1. The Hall–Kier alpha value is -2.18. The number of nitrogens with zero attached hydrogens (tertiary/aromatic N) is 4. The number of amides is 2. The number of rotatable bonds is 4. The van der Waals surface area contributed by atoms with Gasteiger partial charge < -0.3 is 15.1 Å². The summed E-state index contributed by atoms with van der Waals surface area (Å²) in [5, 5.41) is 2.77. The van der Waals surface area contributed by atoms with E-state index in [-0.39, 0.29) is 11.8 Å². The minimum absolute atomic E-state index is 0.101. The van der Waals surface area contributed by atoms with Crippen LogP contribution in [0.15, 0.2) is 12.4 Å². The average molecular weight is 291 g/mol. The van der Waals surface area contributed by atoms with Crippen molar-refractivity contribution in [3.8, 4) is 0 Å². The molecule has 1 aromatic rings. The maximum atomic E-state index is 11.7. The number of carbonyl (C=O) groups is 2. The first-order valence-electron chi connectivity index (χ1n) is 7.22. The Labute approximate surface area is 124 Å². The van der Waals surface area contributed by atoms with E-state index in [1.54, 1.807) is 13.1 Å². The van der Waals surface area contributed by atoms with Crippen LogP contribution in [0.3, 0.4) is 0 Å². The zero-order valence-corrected chi connectivity index (χ0v) is 12.5. The van der Waals surface area contributed by atoms with Gasteiger partial charge in [-0.1, -0.05) is 6.92 Å². The maximum absolute atomic E-state index is 11.7. The van der Waals surface area contributed by atoms with E-state index in [0.29, 0.717) is 25.3 Å². The summed E-state index contributed by atoms with van der Waals surface area (Å²) in [6, 6.07) is 0. The lowest BCUT2D eigenvalue weighted by Crippen LogP contribution is -2.48. The zero-order chi connectivity index (χ0) is 15.2. The van der Waals surface area contributed by atoms with E-state index < -0.39 is 0 Å². The molecule has 2 heterocycles. The summed E-state index contributed by atoms with van der Waals surface area (Å²) in [6.07, 6.45) is 4.00. The molecule has 0 spiro atoms. The molecule has 7 nitrogen and oxygen atoms in total. The van der Waals surface area contributed by atoms with Crippen LogP contribution in [0.5, 0.6) is 0 Å². The van der Waals surface area contributed by atoms with Gasteiger partial charge in [-0.3, -0.25) is 9.59 Å². The fourth-order valence-corrected chi connectivity index (χ4v) is 2.18. The van der Waals surface area contributed by atoms with Crippen LogP contribution in [-0.4, -0.2) is 59.4 Å². The molecule has 0 aliphatic carbocycles. The van der Waals surface area contributed by atoms with Gasteiger partial charge in [-0.2, -0.15) is 0 Å². The van der Waals surface area contributed by atoms with Crippen LogP contribution in [-0.2, 0) is 4.79 Å². The van der Waals surface area contributed by atoms with Crippen LogP contribution in [0.1, 0.15) is 30.8 Å². The zero-order valence-electron chi connectivity index (χ0n) is 12.5. The summed E-state index contributed by atoms with van der Waals surface area (Å²) < 4.78 is 0. The molecule has 0 radical (unpaired) electrons. The molecular formula is C14H21N5O2. The van der Waals surface area contributed by atoms with Gasteiger partial charge in [0.1, 0.15) is 11.5 Å². The molecule has 0 saturated carbocycles. The highest BCUT2D eigenvalue weighted by Crippen LogP contribution is 2.12. The van der Waals surface area contributed by atoms with Gasteiger partial charge in [0.15, 0.2) is 0 Å². The lowest BCUT2D eigenvalue weighted by Gasteiger charge is -2.34. The Balaban J connectivity index is 1.94. The molecule has 2 rings (SSSR count). The molecule has 1 fully saturated rings. The molecule has 114 valence electrons. The van der Waals surface area contributed by atoms with Crippen LogP contribution in [0.2, 0.25) is 0 Å². The highest BCUT2D eigenvalue weighted by atomic mass is 16.2. The Bertz CT molecular complexity index is 495. The molecular weight excluding hydrogens is 270 g/mol. The third-order valence-corrected chi connectivity index (χ3v) is 3.46. The molecule has 7 heteroatoms. The maximum Gasteiger partial charge on any atom is 0.271 e. The normalized spacial score (nSPS) is 15.0. The van der Waals surface area contributed by atoms with E-state index in [1.807, 2.05) is 11.8 Å². The van der Waals surface area contributed by atoms with Crippen molar-refractivity contribution in [1.82, 2.24) is 20.2 Å². The van der Waals surface area contributed by atoms with E-state index in [0.717, 1.165) is 25.3 Å². The van der Waals surface area contributed by atoms with Gasteiger partial charge in [0, 0.05) is 39.6 Å². The molecule has 1 aromatic heterocycles. The predicted molar refractivity (Wildman–Crippen MR) is 79.1 cm³/mol. The Morgan fingerprint density at radius 1 is 1.19 bits per heavy atom. The molecule has 1 aliphatic rings. The van der Waals surface area contributed by atoms with Crippen LogP contribution < -0.4 is 10.2 Å². The van der Waals surface area contributed by atoms with E-state index in [9.17, 15) is 9.59 Å². The first-order valence-corrected chi connectivity index (χ1v) is 7.22. The fraction of sp³-hybridized carbons (Fsp3) is 0.571. The minimum atomic E-state index is -0.197. The standard InChI is InChI=1S/C14H21N5O2/c1-3-4-15-14(21)12-9-17-13(10-16-12)19-7-5-18(6-8-19)11(2)20/h9-10H,3-8H2,1-2H3,(H,15,21). The smallest absolute Gasteiger partial charge is 0.271 e. The van der Waals surface area contributed by atoms with Crippen LogP contribution >= 0.6 is 0 Å². The molecule has 0 bridgehead atoms. The van der Waals surface area contributed by atoms with Crippen molar-refractivity contribution in [3.05, 3.63) is 18.1 Å². The van der Waals surface area contributed by atoms with Gasteiger partial charge in [-0.15, -0.1) is 0 Å². The fourth-order valence-electron chi connectivity index (χ4n) is 2.18. The van der Waals surface area contributed by atoms with E-state index in [1.165, 1.54) is 6.20 Å². The van der Waals surface area contributed by atoms with Crippen molar-refractivity contribution in [2.75, 3.05) is 37.6 Å². The summed E-state index contributed by atoms with van der Waals surface area (Å²) in [6.45, 7) is 7.06. The van der Waals surface area contributed by atoms with Crippen molar-refractivity contribution in [2.24, 2.45) is 0 Å². The molecule has 21 heavy (non-hydrogen) atoms. The van der Waals surface area contributed by atoms with Gasteiger partial charge in [0.2, 0.25) is 5.91 Å². The van der Waals surface area contributed by atoms with Crippen molar-refractivity contribution in [3.63, 3.8) is 0 Å². The van der Waals surface area contributed by atoms with Crippen molar-refractivity contribution in [2.45, 2.75) is 20.3 Å². The molecule has 1 aliphatic heterocycles. The van der Waals surface area contributed by atoms with E-state index in [4.69, 9.17) is 0 Å². The quantitative estimate of drug-likeness (QED) is 0.862. The second kappa shape index (κ2) is 7.01. The number of nitrogens with one attached hydrogen (secondary N) is 1. The lowest BCUT2D eigenvalue weighted by molar-refractivity contribution is -0.129. The molecule has 2 amide bonds. The number of hydrogen-bond acceptors (Lipinski definition) is 5. The Morgan fingerprint density at radius 3 is 2.43 bits per heavy atom. The highest BCUT2D eigenvalue weighted by molar-refractivity contribution is 5.91.